The van der Waals surface area contributed by atoms with Crippen molar-refractivity contribution in [3.05, 3.63) is 29.5 Å². The van der Waals surface area contributed by atoms with Crippen LogP contribution in [0.3, 0.4) is 0 Å². The van der Waals surface area contributed by atoms with E-state index in [4.69, 9.17) is 0 Å². The summed E-state index contributed by atoms with van der Waals surface area (Å²) in [4.78, 5) is 2.04. The lowest BCUT2D eigenvalue weighted by Crippen LogP contribution is -2.20. The van der Waals surface area contributed by atoms with Crippen LogP contribution in [0.5, 0.6) is 0 Å². The molecule has 0 spiro atoms. The number of rotatable bonds is 5. The summed E-state index contributed by atoms with van der Waals surface area (Å²) in [5, 5.41) is 4.31. The molecular formula is C12H14F3N3S. The highest BCUT2D eigenvalue weighted by atomic mass is 32.2. The SMILES string of the molecule is CCN(C)CCc1nn(SF)c2c(F)cc(F)cc12. The molecule has 0 fully saturated rings. The molecule has 104 valence electrons. The van der Waals surface area contributed by atoms with Crippen LogP contribution in [0.15, 0.2) is 12.1 Å². The molecule has 0 unspecified atom stereocenters. The van der Waals surface area contributed by atoms with Crippen LogP contribution in [0.2, 0.25) is 0 Å². The Hall–Kier alpha value is -1.21. The van der Waals surface area contributed by atoms with Gasteiger partial charge in [0.25, 0.3) is 0 Å². The zero-order chi connectivity index (χ0) is 14.0. The molecule has 1 aromatic heterocycles. The Balaban J connectivity index is 2.43. The van der Waals surface area contributed by atoms with E-state index in [1.54, 1.807) is 0 Å². The van der Waals surface area contributed by atoms with Gasteiger partial charge in [-0.25, -0.2) is 8.78 Å². The van der Waals surface area contributed by atoms with E-state index in [0.717, 1.165) is 16.7 Å². The Morgan fingerprint density at radius 2 is 2.11 bits per heavy atom. The highest BCUT2D eigenvalue weighted by molar-refractivity contribution is 7.92. The van der Waals surface area contributed by atoms with Gasteiger partial charge < -0.3 is 4.90 Å². The first-order valence-corrected chi connectivity index (χ1v) is 6.58. The highest BCUT2D eigenvalue weighted by Crippen LogP contribution is 2.27. The molecule has 19 heavy (non-hydrogen) atoms. The minimum atomic E-state index is -0.803. The number of benzene rings is 1. The minimum Gasteiger partial charge on any atom is -0.306 e. The van der Waals surface area contributed by atoms with Gasteiger partial charge in [-0.2, -0.15) is 9.19 Å². The van der Waals surface area contributed by atoms with Gasteiger partial charge in [0.1, 0.15) is 11.3 Å². The Morgan fingerprint density at radius 3 is 2.74 bits per heavy atom. The Bertz CT molecular complexity index is 585. The molecule has 0 radical (unpaired) electrons. The molecule has 1 heterocycles. The van der Waals surface area contributed by atoms with Crippen molar-refractivity contribution < 1.29 is 12.7 Å². The van der Waals surface area contributed by atoms with E-state index in [9.17, 15) is 12.7 Å². The fourth-order valence-electron chi connectivity index (χ4n) is 1.88. The lowest BCUT2D eigenvalue weighted by molar-refractivity contribution is 0.356. The Labute approximate surface area is 113 Å². The third-order valence-electron chi connectivity index (χ3n) is 3.08. The van der Waals surface area contributed by atoms with Gasteiger partial charge in [-0.3, -0.25) is 0 Å². The van der Waals surface area contributed by atoms with Crippen molar-refractivity contribution >= 4 is 23.2 Å². The second-order valence-corrected chi connectivity index (χ2v) is 4.80. The molecule has 0 saturated heterocycles. The van der Waals surface area contributed by atoms with Crippen molar-refractivity contribution in [3.63, 3.8) is 0 Å². The number of hydrogen-bond acceptors (Lipinski definition) is 3. The highest BCUT2D eigenvalue weighted by Gasteiger charge is 2.17. The molecule has 0 saturated carbocycles. The summed E-state index contributed by atoms with van der Waals surface area (Å²) >= 11 is -0.191. The summed E-state index contributed by atoms with van der Waals surface area (Å²) < 4.78 is 40.6. The quantitative estimate of drug-likeness (QED) is 0.843. The molecule has 1 aromatic carbocycles. The summed E-state index contributed by atoms with van der Waals surface area (Å²) in [6.07, 6.45) is 0.511. The molecular weight excluding hydrogens is 275 g/mol. The molecule has 0 N–H and O–H groups in total. The molecule has 0 aliphatic carbocycles. The summed E-state index contributed by atoms with van der Waals surface area (Å²) in [6, 6.07) is 1.93. The van der Waals surface area contributed by atoms with Crippen molar-refractivity contribution in [1.29, 1.82) is 0 Å². The maximum absolute atomic E-state index is 13.7. The smallest absolute Gasteiger partial charge is 0.188 e. The van der Waals surface area contributed by atoms with E-state index in [0.29, 0.717) is 24.0 Å². The van der Waals surface area contributed by atoms with Crippen molar-refractivity contribution in [2.75, 3.05) is 20.1 Å². The van der Waals surface area contributed by atoms with Crippen LogP contribution in [0, 0.1) is 11.6 Å². The summed E-state index contributed by atoms with van der Waals surface area (Å²) in [5.41, 5.74) is 0.488. The van der Waals surface area contributed by atoms with Crippen molar-refractivity contribution in [1.82, 2.24) is 14.1 Å². The third-order valence-corrected chi connectivity index (χ3v) is 3.47. The van der Waals surface area contributed by atoms with Crippen LogP contribution in [0.25, 0.3) is 10.9 Å². The van der Waals surface area contributed by atoms with Crippen LogP contribution >= 0.6 is 12.3 Å². The average Bonchev–Trinajstić information content (AvgIpc) is 2.74. The van der Waals surface area contributed by atoms with E-state index in [1.165, 1.54) is 6.07 Å². The maximum atomic E-state index is 13.7. The topological polar surface area (TPSA) is 21.1 Å². The van der Waals surface area contributed by atoms with Crippen LogP contribution in [0.1, 0.15) is 12.6 Å². The predicted molar refractivity (Wildman–Crippen MR) is 70.6 cm³/mol. The fourth-order valence-corrected chi connectivity index (χ4v) is 2.27. The van der Waals surface area contributed by atoms with Gasteiger partial charge in [-0.15, -0.1) is 3.89 Å². The Morgan fingerprint density at radius 1 is 1.37 bits per heavy atom. The molecule has 0 amide bonds. The largest absolute Gasteiger partial charge is 0.306 e. The van der Waals surface area contributed by atoms with Crippen molar-refractivity contribution in [3.8, 4) is 0 Å². The monoisotopic (exact) mass is 289 g/mol. The summed E-state index contributed by atoms with van der Waals surface area (Å²) in [6.45, 7) is 3.56. The van der Waals surface area contributed by atoms with Crippen LogP contribution in [0.4, 0.5) is 12.7 Å². The van der Waals surface area contributed by atoms with Crippen LogP contribution in [-0.4, -0.2) is 34.2 Å². The summed E-state index contributed by atoms with van der Waals surface area (Å²) in [7, 11) is 1.93. The first-order chi connectivity index (χ1) is 9.06. The fraction of sp³-hybridized carbons (Fsp3) is 0.417. The third kappa shape index (κ3) is 2.87. The first-order valence-electron chi connectivity index (χ1n) is 5.91. The number of halogens is 3. The van der Waals surface area contributed by atoms with Crippen LogP contribution in [-0.2, 0) is 6.42 Å². The zero-order valence-corrected chi connectivity index (χ0v) is 11.5. The van der Waals surface area contributed by atoms with Gasteiger partial charge in [0.05, 0.1) is 5.69 Å². The van der Waals surface area contributed by atoms with Gasteiger partial charge in [-0.1, -0.05) is 6.92 Å². The molecule has 0 bridgehead atoms. The molecule has 3 nitrogen and oxygen atoms in total. The minimum absolute atomic E-state index is 0.0111. The van der Waals surface area contributed by atoms with E-state index in [1.807, 2.05) is 18.9 Å². The summed E-state index contributed by atoms with van der Waals surface area (Å²) in [5.74, 6) is -1.48. The lowest BCUT2D eigenvalue weighted by Gasteiger charge is -2.12. The van der Waals surface area contributed by atoms with Gasteiger partial charge >= 0.3 is 0 Å². The molecule has 0 aliphatic heterocycles. The van der Waals surface area contributed by atoms with E-state index in [-0.39, 0.29) is 17.9 Å². The van der Waals surface area contributed by atoms with E-state index in [2.05, 4.69) is 5.10 Å². The number of fused-ring (bicyclic) bond motifs is 1. The number of hydrogen-bond donors (Lipinski definition) is 0. The van der Waals surface area contributed by atoms with Crippen LogP contribution < -0.4 is 0 Å². The molecule has 0 aliphatic rings. The first kappa shape index (κ1) is 14.2. The predicted octanol–water partition coefficient (Wildman–Crippen LogP) is 3.19. The van der Waals surface area contributed by atoms with Crippen molar-refractivity contribution in [2.24, 2.45) is 0 Å². The number of likely N-dealkylation sites (N-methyl/N-ethyl adjacent to an activating group) is 1. The molecule has 2 rings (SSSR count). The Kier molecular flexibility index (Phi) is 4.36. The normalized spacial score (nSPS) is 11.7. The van der Waals surface area contributed by atoms with E-state index < -0.39 is 11.6 Å². The van der Waals surface area contributed by atoms with Gasteiger partial charge in [0.15, 0.2) is 18.2 Å². The maximum Gasteiger partial charge on any atom is 0.188 e. The molecule has 0 atom stereocenters. The van der Waals surface area contributed by atoms with E-state index >= 15 is 0 Å². The standard InChI is InChI=1S/C12H14F3N3S/c1-3-17(2)5-4-11-9-6-8(13)7-10(14)12(9)18(16-11)19-15/h6-7H,3-5H2,1-2H3. The zero-order valence-electron chi connectivity index (χ0n) is 10.7. The average molecular weight is 289 g/mol. The molecule has 2 aromatic rings. The second-order valence-electron chi connectivity index (χ2n) is 4.32. The second kappa shape index (κ2) is 5.83. The lowest BCUT2D eigenvalue weighted by atomic mass is 10.1. The van der Waals surface area contributed by atoms with Crippen molar-refractivity contribution in [2.45, 2.75) is 13.3 Å². The molecule has 7 heteroatoms. The number of nitrogens with zero attached hydrogens (tertiary/aromatic N) is 3. The van der Waals surface area contributed by atoms with Gasteiger partial charge in [0.2, 0.25) is 0 Å². The van der Waals surface area contributed by atoms with Gasteiger partial charge in [-0.05, 0) is 19.7 Å². The number of aromatic nitrogens is 2. The van der Waals surface area contributed by atoms with Gasteiger partial charge in [0, 0.05) is 24.4 Å².